The lowest BCUT2D eigenvalue weighted by Crippen LogP contribution is -2.44. The molecule has 0 radical (unpaired) electrons. The Kier molecular flexibility index (Phi) is 2.97. The van der Waals surface area contributed by atoms with Crippen molar-refractivity contribution in [3.05, 3.63) is 10.2 Å². The summed E-state index contributed by atoms with van der Waals surface area (Å²) >= 11 is 4.92. The number of fused-ring (bicyclic) bond motifs is 1. The third kappa shape index (κ3) is 2.02. The van der Waals surface area contributed by atoms with Gasteiger partial charge in [-0.3, -0.25) is 0 Å². The molecule has 0 bridgehead atoms. The third-order valence-electron chi connectivity index (χ3n) is 2.79. The van der Waals surface area contributed by atoms with Crippen LogP contribution in [0.3, 0.4) is 0 Å². The molecule has 0 N–H and O–H groups in total. The minimum Gasteiger partial charge on any atom is -0.377 e. The second-order valence-corrected chi connectivity index (χ2v) is 6.19. The summed E-state index contributed by atoms with van der Waals surface area (Å²) in [6.45, 7) is 4.45. The Balaban J connectivity index is 2.09. The van der Waals surface area contributed by atoms with E-state index in [2.05, 4.69) is 42.7 Å². The van der Waals surface area contributed by atoms with Crippen LogP contribution in [-0.2, 0) is 4.74 Å². The molecule has 0 aromatic carbocycles. The summed E-state index contributed by atoms with van der Waals surface area (Å²) in [5.74, 6) is 0.910. The molecule has 0 aliphatic carbocycles. The average Bonchev–Trinajstić information content (AvgIpc) is 2.70. The minimum atomic E-state index is 0.322. The zero-order chi connectivity index (χ0) is 11.8. The lowest BCUT2D eigenvalue weighted by atomic mass is 10.2. The highest BCUT2D eigenvalue weighted by Gasteiger charge is 2.23. The van der Waals surface area contributed by atoms with E-state index in [1.165, 1.54) is 11.3 Å². The number of rotatable bonds is 1. The SMILES string of the molecule is C[C@@H]1COCCN1c1ncnc2sc(Br)nc12. The third-order valence-corrected chi connectivity index (χ3v) is 4.20. The van der Waals surface area contributed by atoms with Gasteiger partial charge >= 0.3 is 0 Å². The van der Waals surface area contributed by atoms with Crippen LogP contribution in [0.4, 0.5) is 5.82 Å². The summed E-state index contributed by atoms with van der Waals surface area (Å²) in [6.07, 6.45) is 1.60. The van der Waals surface area contributed by atoms with Gasteiger partial charge in [-0.05, 0) is 22.9 Å². The van der Waals surface area contributed by atoms with E-state index in [1.54, 1.807) is 6.33 Å². The highest BCUT2D eigenvalue weighted by molar-refractivity contribution is 9.11. The first kappa shape index (κ1) is 11.3. The highest BCUT2D eigenvalue weighted by Crippen LogP contribution is 2.30. The molecule has 1 aliphatic rings. The summed E-state index contributed by atoms with van der Waals surface area (Å²) in [6, 6.07) is 0.322. The standard InChI is InChI=1S/C10H11BrN4OS/c1-6-4-16-3-2-15(6)8-7-9(13-5-12-8)17-10(11)14-7/h5-6H,2-4H2,1H3/t6-/m1/s1. The highest BCUT2D eigenvalue weighted by atomic mass is 79.9. The zero-order valence-electron chi connectivity index (χ0n) is 9.26. The van der Waals surface area contributed by atoms with Crippen molar-refractivity contribution in [2.75, 3.05) is 24.7 Å². The van der Waals surface area contributed by atoms with Crippen molar-refractivity contribution in [1.82, 2.24) is 15.0 Å². The number of hydrogen-bond donors (Lipinski definition) is 0. The van der Waals surface area contributed by atoms with E-state index < -0.39 is 0 Å². The molecule has 0 unspecified atom stereocenters. The van der Waals surface area contributed by atoms with Gasteiger partial charge in [-0.1, -0.05) is 11.3 Å². The minimum absolute atomic E-state index is 0.322. The van der Waals surface area contributed by atoms with Crippen molar-refractivity contribution in [1.29, 1.82) is 0 Å². The molecule has 17 heavy (non-hydrogen) atoms. The van der Waals surface area contributed by atoms with Gasteiger partial charge in [-0.15, -0.1) is 0 Å². The van der Waals surface area contributed by atoms with Crippen LogP contribution in [-0.4, -0.2) is 40.8 Å². The molecule has 0 spiro atoms. The summed E-state index contributed by atoms with van der Waals surface area (Å²) in [7, 11) is 0. The molecule has 0 amide bonds. The predicted octanol–water partition coefficient (Wildman–Crippen LogP) is 2.07. The van der Waals surface area contributed by atoms with Gasteiger partial charge in [-0.25, -0.2) is 15.0 Å². The molecule has 1 fully saturated rings. The van der Waals surface area contributed by atoms with Crippen LogP contribution in [0.2, 0.25) is 0 Å². The van der Waals surface area contributed by atoms with Crippen LogP contribution in [0.1, 0.15) is 6.92 Å². The molecule has 5 nitrogen and oxygen atoms in total. The summed E-state index contributed by atoms with van der Waals surface area (Å²) < 4.78 is 6.28. The van der Waals surface area contributed by atoms with Crippen molar-refractivity contribution in [2.45, 2.75) is 13.0 Å². The average molecular weight is 315 g/mol. The van der Waals surface area contributed by atoms with E-state index in [0.717, 1.165) is 39.8 Å². The molecule has 3 rings (SSSR count). The fourth-order valence-electron chi connectivity index (χ4n) is 1.97. The Morgan fingerprint density at radius 3 is 3.24 bits per heavy atom. The number of anilines is 1. The van der Waals surface area contributed by atoms with Crippen LogP contribution >= 0.6 is 27.3 Å². The number of halogens is 1. The van der Waals surface area contributed by atoms with Crippen molar-refractivity contribution >= 4 is 43.4 Å². The summed E-state index contributed by atoms with van der Waals surface area (Å²) in [5, 5.41) is 0. The Bertz CT molecular complexity index is 546. The monoisotopic (exact) mass is 314 g/mol. The van der Waals surface area contributed by atoms with E-state index in [1.807, 2.05) is 0 Å². The van der Waals surface area contributed by atoms with Crippen molar-refractivity contribution in [3.63, 3.8) is 0 Å². The van der Waals surface area contributed by atoms with Crippen LogP contribution in [0.5, 0.6) is 0 Å². The quantitative estimate of drug-likeness (QED) is 0.806. The first-order valence-electron chi connectivity index (χ1n) is 5.37. The molecule has 1 saturated heterocycles. The number of thiazole rings is 1. The normalized spacial score (nSPS) is 21.1. The zero-order valence-corrected chi connectivity index (χ0v) is 11.7. The maximum absolute atomic E-state index is 5.44. The van der Waals surface area contributed by atoms with Gasteiger partial charge in [-0.2, -0.15) is 0 Å². The Hall–Kier alpha value is -0.790. The maximum atomic E-state index is 5.44. The molecular formula is C10H11BrN4OS. The van der Waals surface area contributed by atoms with Gasteiger partial charge in [0.25, 0.3) is 0 Å². The Morgan fingerprint density at radius 1 is 1.53 bits per heavy atom. The van der Waals surface area contributed by atoms with Gasteiger partial charge in [0.2, 0.25) is 0 Å². The maximum Gasteiger partial charge on any atom is 0.161 e. The second kappa shape index (κ2) is 4.47. The Morgan fingerprint density at radius 2 is 2.41 bits per heavy atom. The van der Waals surface area contributed by atoms with Gasteiger partial charge in [0.05, 0.1) is 19.3 Å². The number of aromatic nitrogens is 3. The largest absolute Gasteiger partial charge is 0.377 e. The number of ether oxygens (including phenoxy) is 1. The van der Waals surface area contributed by atoms with E-state index >= 15 is 0 Å². The summed E-state index contributed by atoms with van der Waals surface area (Å²) in [5.41, 5.74) is 0.873. The molecule has 3 heterocycles. The predicted molar refractivity (Wildman–Crippen MR) is 70.5 cm³/mol. The smallest absolute Gasteiger partial charge is 0.161 e. The molecule has 7 heteroatoms. The van der Waals surface area contributed by atoms with Crippen molar-refractivity contribution in [2.24, 2.45) is 0 Å². The van der Waals surface area contributed by atoms with Crippen molar-refractivity contribution < 1.29 is 4.74 Å². The van der Waals surface area contributed by atoms with E-state index in [-0.39, 0.29) is 0 Å². The molecule has 1 aliphatic heterocycles. The topological polar surface area (TPSA) is 51.1 Å². The van der Waals surface area contributed by atoms with E-state index in [9.17, 15) is 0 Å². The fourth-order valence-corrected chi connectivity index (χ4v) is 3.24. The molecule has 1 atom stereocenters. The number of hydrogen-bond acceptors (Lipinski definition) is 6. The second-order valence-electron chi connectivity index (χ2n) is 3.94. The van der Waals surface area contributed by atoms with Crippen LogP contribution in [0.15, 0.2) is 10.2 Å². The molecular weight excluding hydrogens is 304 g/mol. The van der Waals surface area contributed by atoms with Crippen LogP contribution in [0, 0.1) is 0 Å². The van der Waals surface area contributed by atoms with Gasteiger partial charge in [0.1, 0.15) is 16.7 Å². The number of nitrogens with zero attached hydrogens (tertiary/aromatic N) is 4. The summed E-state index contributed by atoms with van der Waals surface area (Å²) in [4.78, 5) is 16.2. The Labute approximate surface area is 111 Å². The number of morpholine rings is 1. The van der Waals surface area contributed by atoms with Gasteiger partial charge in [0, 0.05) is 6.54 Å². The molecule has 2 aromatic heterocycles. The van der Waals surface area contributed by atoms with Crippen molar-refractivity contribution in [3.8, 4) is 0 Å². The molecule has 2 aromatic rings. The lowest BCUT2D eigenvalue weighted by molar-refractivity contribution is 0.0986. The fraction of sp³-hybridized carbons (Fsp3) is 0.500. The van der Waals surface area contributed by atoms with Crippen LogP contribution < -0.4 is 4.90 Å². The van der Waals surface area contributed by atoms with E-state index in [0.29, 0.717) is 6.04 Å². The van der Waals surface area contributed by atoms with Crippen LogP contribution in [0.25, 0.3) is 10.3 Å². The van der Waals surface area contributed by atoms with Gasteiger partial charge < -0.3 is 9.64 Å². The first-order chi connectivity index (χ1) is 8.25. The lowest BCUT2D eigenvalue weighted by Gasteiger charge is -2.34. The molecule has 90 valence electrons. The molecule has 0 saturated carbocycles. The first-order valence-corrected chi connectivity index (χ1v) is 6.98. The van der Waals surface area contributed by atoms with E-state index in [4.69, 9.17) is 4.74 Å². The van der Waals surface area contributed by atoms with Gasteiger partial charge in [0.15, 0.2) is 9.73 Å².